The molecule has 1 aliphatic rings. The van der Waals surface area contributed by atoms with Crippen molar-refractivity contribution < 1.29 is 14.9 Å². The normalized spacial score (nSPS) is 35.3. The SMILES string of the molecule is OC[C@@H]1COC[C@@H]1CO. The second-order valence-electron chi connectivity index (χ2n) is 2.42. The molecule has 0 saturated carbocycles. The highest BCUT2D eigenvalue weighted by Gasteiger charge is 2.26. The average molecular weight is 132 g/mol. The summed E-state index contributed by atoms with van der Waals surface area (Å²) in [5.74, 6) is 0.324. The first-order valence-electron chi connectivity index (χ1n) is 3.18. The fraction of sp³-hybridized carbons (Fsp3) is 1.00. The number of aliphatic hydroxyl groups excluding tert-OH is 2. The zero-order valence-corrected chi connectivity index (χ0v) is 5.29. The fourth-order valence-corrected chi connectivity index (χ4v) is 1.05. The van der Waals surface area contributed by atoms with Gasteiger partial charge in [-0.25, -0.2) is 0 Å². The lowest BCUT2D eigenvalue weighted by atomic mass is 9.98. The van der Waals surface area contributed by atoms with E-state index >= 15 is 0 Å². The molecule has 0 aliphatic carbocycles. The first kappa shape index (κ1) is 6.99. The van der Waals surface area contributed by atoms with Crippen LogP contribution in [0.3, 0.4) is 0 Å². The van der Waals surface area contributed by atoms with Gasteiger partial charge in [0.05, 0.1) is 13.2 Å². The summed E-state index contributed by atoms with van der Waals surface area (Å²) in [4.78, 5) is 0. The molecule has 1 saturated heterocycles. The van der Waals surface area contributed by atoms with Crippen LogP contribution >= 0.6 is 0 Å². The van der Waals surface area contributed by atoms with E-state index in [-0.39, 0.29) is 25.0 Å². The average Bonchev–Trinajstić information content (AvgIpc) is 2.33. The first-order chi connectivity index (χ1) is 4.38. The predicted molar refractivity (Wildman–Crippen MR) is 32.0 cm³/mol. The van der Waals surface area contributed by atoms with E-state index in [1.807, 2.05) is 0 Å². The van der Waals surface area contributed by atoms with Crippen LogP contribution in [0.5, 0.6) is 0 Å². The van der Waals surface area contributed by atoms with Gasteiger partial charge < -0.3 is 14.9 Å². The van der Waals surface area contributed by atoms with Crippen LogP contribution in [0.2, 0.25) is 0 Å². The third kappa shape index (κ3) is 1.41. The number of hydrogen-bond donors (Lipinski definition) is 2. The van der Waals surface area contributed by atoms with Crippen molar-refractivity contribution >= 4 is 0 Å². The van der Waals surface area contributed by atoms with E-state index in [2.05, 4.69) is 0 Å². The van der Waals surface area contributed by atoms with E-state index < -0.39 is 0 Å². The van der Waals surface area contributed by atoms with Gasteiger partial charge in [-0.15, -0.1) is 0 Å². The number of rotatable bonds is 2. The molecule has 3 nitrogen and oxygen atoms in total. The topological polar surface area (TPSA) is 49.7 Å². The van der Waals surface area contributed by atoms with Gasteiger partial charge in [0.25, 0.3) is 0 Å². The van der Waals surface area contributed by atoms with Crippen molar-refractivity contribution in [1.29, 1.82) is 0 Å². The zero-order valence-electron chi connectivity index (χ0n) is 5.29. The maximum Gasteiger partial charge on any atom is 0.0520 e. The molecule has 0 aromatic carbocycles. The van der Waals surface area contributed by atoms with Gasteiger partial charge in [0, 0.05) is 25.0 Å². The monoisotopic (exact) mass is 132 g/mol. The van der Waals surface area contributed by atoms with Crippen molar-refractivity contribution in [2.24, 2.45) is 11.8 Å². The van der Waals surface area contributed by atoms with Gasteiger partial charge in [-0.1, -0.05) is 0 Å². The first-order valence-corrected chi connectivity index (χ1v) is 3.18. The van der Waals surface area contributed by atoms with Gasteiger partial charge in [0.2, 0.25) is 0 Å². The predicted octanol–water partition coefficient (Wildman–Crippen LogP) is -0.766. The molecule has 0 radical (unpaired) electrons. The summed E-state index contributed by atoms with van der Waals surface area (Å²) in [6, 6.07) is 0. The summed E-state index contributed by atoms with van der Waals surface area (Å²) in [5, 5.41) is 17.4. The van der Waals surface area contributed by atoms with Crippen molar-refractivity contribution in [1.82, 2.24) is 0 Å². The van der Waals surface area contributed by atoms with E-state index in [9.17, 15) is 0 Å². The Hall–Kier alpha value is -0.120. The smallest absolute Gasteiger partial charge is 0.0520 e. The van der Waals surface area contributed by atoms with Gasteiger partial charge in [-0.05, 0) is 0 Å². The molecule has 2 atom stereocenters. The molecule has 0 unspecified atom stereocenters. The maximum absolute atomic E-state index is 8.68. The molecule has 3 heteroatoms. The van der Waals surface area contributed by atoms with Crippen LogP contribution in [0.15, 0.2) is 0 Å². The van der Waals surface area contributed by atoms with Gasteiger partial charge in [0.1, 0.15) is 0 Å². The van der Waals surface area contributed by atoms with E-state index in [0.29, 0.717) is 13.2 Å². The molecule has 9 heavy (non-hydrogen) atoms. The molecular weight excluding hydrogens is 120 g/mol. The van der Waals surface area contributed by atoms with Crippen LogP contribution in [-0.2, 0) is 4.74 Å². The standard InChI is InChI=1S/C6H12O3/c7-1-5-3-9-4-6(5)2-8/h5-8H,1-4H2/t5-,6+. The molecule has 1 fully saturated rings. The van der Waals surface area contributed by atoms with E-state index in [1.165, 1.54) is 0 Å². The highest BCUT2D eigenvalue weighted by molar-refractivity contribution is 4.73. The number of aliphatic hydroxyl groups is 2. The molecule has 54 valence electrons. The Morgan fingerprint density at radius 3 is 1.89 bits per heavy atom. The molecular formula is C6H12O3. The van der Waals surface area contributed by atoms with E-state index in [1.54, 1.807) is 0 Å². The highest BCUT2D eigenvalue weighted by atomic mass is 16.5. The third-order valence-electron chi connectivity index (χ3n) is 1.80. The minimum Gasteiger partial charge on any atom is -0.396 e. The second kappa shape index (κ2) is 3.15. The lowest BCUT2D eigenvalue weighted by Gasteiger charge is -2.09. The van der Waals surface area contributed by atoms with Crippen LogP contribution in [0, 0.1) is 11.8 Å². The Morgan fingerprint density at radius 2 is 1.56 bits per heavy atom. The lowest BCUT2D eigenvalue weighted by Crippen LogP contribution is -2.19. The Bertz CT molecular complexity index is 74.4. The van der Waals surface area contributed by atoms with Crippen molar-refractivity contribution in [3.63, 3.8) is 0 Å². The summed E-state index contributed by atoms with van der Waals surface area (Å²) >= 11 is 0. The van der Waals surface area contributed by atoms with Crippen LogP contribution in [0.25, 0.3) is 0 Å². The molecule has 0 aromatic heterocycles. The summed E-state index contributed by atoms with van der Waals surface area (Å²) < 4.78 is 5.03. The van der Waals surface area contributed by atoms with Crippen molar-refractivity contribution in [3.05, 3.63) is 0 Å². The Labute approximate surface area is 54.3 Å². The molecule has 0 bridgehead atoms. The van der Waals surface area contributed by atoms with Crippen LogP contribution in [0.4, 0.5) is 0 Å². The largest absolute Gasteiger partial charge is 0.396 e. The minimum atomic E-state index is 0.130. The van der Waals surface area contributed by atoms with Crippen molar-refractivity contribution in [2.75, 3.05) is 26.4 Å². The highest BCUT2D eigenvalue weighted by Crippen LogP contribution is 2.18. The van der Waals surface area contributed by atoms with Crippen LogP contribution < -0.4 is 0 Å². The Balaban J connectivity index is 2.32. The summed E-state index contributed by atoms with van der Waals surface area (Å²) in [5.41, 5.74) is 0. The summed E-state index contributed by atoms with van der Waals surface area (Å²) in [6.07, 6.45) is 0. The molecule has 1 heterocycles. The molecule has 0 amide bonds. The van der Waals surface area contributed by atoms with E-state index in [4.69, 9.17) is 14.9 Å². The number of ether oxygens (including phenoxy) is 1. The molecule has 0 spiro atoms. The zero-order chi connectivity index (χ0) is 6.69. The maximum atomic E-state index is 8.68. The summed E-state index contributed by atoms with van der Waals surface area (Å²) in [6.45, 7) is 1.46. The molecule has 1 rings (SSSR count). The van der Waals surface area contributed by atoms with Gasteiger partial charge >= 0.3 is 0 Å². The van der Waals surface area contributed by atoms with Gasteiger partial charge in [0.15, 0.2) is 0 Å². The summed E-state index contributed by atoms with van der Waals surface area (Å²) in [7, 11) is 0. The van der Waals surface area contributed by atoms with Crippen molar-refractivity contribution in [2.45, 2.75) is 0 Å². The van der Waals surface area contributed by atoms with Gasteiger partial charge in [-0.3, -0.25) is 0 Å². The third-order valence-corrected chi connectivity index (χ3v) is 1.80. The molecule has 1 aliphatic heterocycles. The van der Waals surface area contributed by atoms with Crippen LogP contribution in [0.1, 0.15) is 0 Å². The van der Waals surface area contributed by atoms with Crippen molar-refractivity contribution in [3.8, 4) is 0 Å². The second-order valence-corrected chi connectivity index (χ2v) is 2.42. The fourth-order valence-electron chi connectivity index (χ4n) is 1.05. The quantitative estimate of drug-likeness (QED) is 0.519. The van der Waals surface area contributed by atoms with E-state index in [0.717, 1.165) is 0 Å². The lowest BCUT2D eigenvalue weighted by molar-refractivity contribution is 0.152. The van der Waals surface area contributed by atoms with Gasteiger partial charge in [-0.2, -0.15) is 0 Å². The minimum absolute atomic E-state index is 0.130. The number of hydrogen-bond acceptors (Lipinski definition) is 3. The molecule has 0 aromatic rings. The Kier molecular flexibility index (Phi) is 2.45. The van der Waals surface area contributed by atoms with Crippen LogP contribution in [-0.4, -0.2) is 36.6 Å². The Morgan fingerprint density at radius 1 is 1.11 bits per heavy atom. The molecule has 2 N–H and O–H groups in total.